The van der Waals surface area contributed by atoms with Crippen molar-refractivity contribution in [1.29, 1.82) is 5.41 Å². The van der Waals surface area contributed by atoms with E-state index in [2.05, 4.69) is 10.3 Å². The number of aromatic nitrogens is 1. The number of nitrogens with zero attached hydrogens (tertiary/aromatic N) is 1. The van der Waals surface area contributed by atoms with Gasteiger partial charge in [-0.25, -0.2) is 0 Å². The van der Waals surface area contributed by atoms with Crippen molar-refractivity contribution >= 4 is 45.2 Å². The molecule has 2 aromatic heterocycles. The molecule has 1 fully saturated rings. The predicted molar refractivity (Wildman–Crippen MR) is 134 cm³/mol. The molecule has 9 heteroatoms. The SMILES string of the molecule is CNC(=O)c1sc2cc(O/C(=C/C=N)c3[nH]cc(C(=O)N4CCC(C)(O)C4)c3C)ccc2c1C. The largest absolute Gasteiger partial charge is 0.455 e. The Hall–Kier alpha value is -3.43. The monoisotopic (exact) mass is 480 g/mol. The smallest absolute Gasteiger partial charge is 0.261 e. The number of fused-ring (bicyclic) bond motifs is 1. The van der Waals surface area contributed by atoms with Crippen LogP contribution < -0.4 is 10.1 Å². The van der Waals surface area contributed by atoms with Crippen LogP contribution in [0.2, 0.25) is 0 Å². The molecule has 1 aliphatic rings. The fraction of sp³-hybridized carbons (Fsp3) is 0.320. The highest BCUT2D eigenvalue weighted by Crippen LogP contribution is 2.35. The molecule has 0 aliphatic carbocycles. The number of carbonyl (C=O) groups excluding carboxylic acids is 2. The van der Waals surface area contributed by atoms with Crippen LogP contribution in [0.1, 0.15) is 50.2 Å². The number of amides is 2. The number of likely N-dealkylation sites (tertiary alicyclic amines) is 1. The van der Waals surface area contributed by atoms with Crippen LogP contribution in [0.15, 0.2) is 30.5 Å². The number of H-pyrrole nitrogens is 1. The van der Waals surface area contributed by atoms with Crippen molar-refractivity contribution in [2.75, 3.05) is 20.1 Å². The zero-order chi connectivity index (χ0) is 24.6. The van der Waals surface area contributed by atoms with E-state index < -0.39 is 5.60 Å². The Morgan fingerprint density at radius 3 is 2.74 bits per heavy atom. The van der Waals surface area contributed by atoms with Gasteiger partial charge in [0.15, 0.2) is 5.76 Å². The van der Waals surface area contributed by atoms with Crippen LogP contribution in [0.5, 0.6) is 5.75 Å². The van der Waals surface area contributed by atoms with Crippen molar-refractivity contribution in [2.24, 2.45) is 0 Å². The van der Waals surface area contributed by atoms with Gasteiger partial charge in [0.05, 0.1) is 21.7 Å². The fourth-order valence-corrected chi connectivity index (χ4v) is 5.42. The fourth-order valence-electron chi connectivity index (χ4n) is 4.23. The summed E-state index contributed by atoms with van der Waals surface area (Å²) in [5, 5.41) is 21.5. The molecule has 1 aliphatic heterocycles. The Kier molecular flexibility index (Phi) is 6.33. The molecule has 0 saturated carbocycles. The average Bonchev–Trinajstić information content (AvgIpc) is 3.47. The number of benzene rings is 1. The molecule has 4 N–H and O–H groups in total. The molecule has 1 atom stereocenters. The summed E-state index contributed by atoms with van der Waals surface area (Å²) in [7, 11) is 1.61. The highest BCUT2D eigenvalue weighted by atomic mass is 32.1. The van der Waals surface area contributed by atoms with Gasteiger partial charge < -0.3 is 30.5 Å². The van der Waals surface area contributed by atoms with Gasteiger partial charge in [0, 0.05) is 43.3 Å². The van der Waals surface area contributed by atoms with E-state index in [1.165, 1.54) is 17.4 Å². The summed E-state index contributed by atoms with van der Waals surface area (Å²) in [5.41, 5.74) is 1.87. The number of thiophene rings is 1. The number of hydrogen-bond acceptors (Lipinski definition) is 6. The first-order valence-electron chi connectivity index (χ1n) is 11.0. The van der Waals surface area contributed by atoms with Crippen LogP contribution in [0.4, 0.5) is 0 Å². The van der Waals surface area contributed by atoms with Gasteiger partial charge >= 0.3 is 0 Å². The Bertz CT molecular complexity index is 1320. The first-order valence-corrected chi connectivity index (χ1v) is 11.8. The lowest BCUT2D eigenvalue weighted by Crippen LogP contribution is -2.34. The third kappa shape index (κ3) is 4.36. The van der Waals surface area contributed by atoms with E-state index >= 15 is 0 Å². The second-order valence-corrected chi connectivity index (χ2v) is 9.82. The van der Waals surface area contributed by atoms with Crippen LogP contribution in [0.3, 0.4) is 0 Å². The van der Waals surface area contributed by atoms with Crippen LogP contribution in [-0.4, -0.2) is 58.8 Å². The van der Waals surface area contributed by atoms with Crippen molar-refractivity contribution < 1.29 is 19.4 Å². The van der Waals surface area contributed by atoms with Crippen molar-refractivity contribution in [2.45, 2.75) is 32.8 Å². The van der Waals surface area contributed by atoms with Gasteiger partial charge in [-0.1, -0.05) is 0 Å². The minimum Gasteiger partial charge on any atom is -0.455 e. The molecule has 8 nitrogen and oxygen atoms in total. The van der Waals surface area contributed by atoms with Gasteiger partial charge in [0.1, 0.15) is 5.75 Å². The van der Waals surface area contributed by atoms with Gasteiger partial charge in [-0.05, 0) is 61.9 Å². The molecule has 3 heterocycles. The van der Waals surface area contributed by atoms with Gasteiger partial charge in [-0.2, -0.15) is 0 Å². The number of rotatable bonds is 6. The maximum atomic E-state index is 13.0. The van der Waals surface area contributed by atoms with E-state index in [-0.39, 0.29) is 11.8 Å². The molecule has 1 aromatic carbocycles. The molecule has 1 unspecified atom stereocenters. The number of allylic oxidation sites excluding steroid dienone is 1. The zero-order valence-corrected chi connectivity index (χ0v) is 20.4. The summed E-state index contributed by atoms with van der Waals surface area (Å²) in [6, 6.07) is 5.61. The first kappa shape index (κ1) is 23.7. The Labute approximate surface area is 201 Å². The summed E-state index contributed by atoms with van der Waals surface area (Å²) >= 11 is 1.40. The number of nitrogens with one attached hydrogen (secondary N) is 3. The quantitative estimate of drug-likeness (QED) is 0.316. The number of hydrogen-bond donors (Lipinski definition) is 4. The molecule has 0 bridgehead atoms. The van der Waals surface area contributed by atoms with Crippen molar-refractivity contribution in [3.8, 4) is 5.75 Å². The highest BCUT2D eigenvalue weighted by Gasteiger charge is 2.35. The lowest BCUT2D eigenvalue weighted by atomic mass is 10.1. The Morgan fingerprint density at radius 2 is 2.09 bits per heavy atom. The molecule has 4 rings (SSSR count). The lowest BCUT2D eigenvalue weighted by molar-refractivity contribution is 0.0572. The van der Waals surface area contributed by atoms with Gasteiger partial charge in [0.2, 0.25) is 0 Å². The van der Waals surface area contributed by atoms with Crippen LogP contribution in [-0.2, 0) is 0 Å². The third-order valence-corrected chi connectivity index (χ3v) is 7.41. The van der Waals surface area contributed by atoms with Crippen LogP contribution in [0.25, 0.3) is 15.8 Å². The standard InChI is InChI=1S/C25H28N4O4S/c1-14-18(24(31)29-10-8-25(3,32)13-29)12-28-21(14)19(7-9-26)33-16-5-6-17-15(2)22(23(30)27-4)34-20(17)11-16/h5-7,9,11-12,26,28,32H,8,10,13H2,1-4H3,(H,27,30)/b19-7+,26-9?. The van der Waals surface area contributed by atoms with E-state index in [0.29, 0.717) is 52.7 Å². The normalized spacial score (nSPS) is 18.4. The molecular formula is C25H28N4O4S. The van der Waals surface area contributed by atoms with Crippen LogP contribution in [0, 0.1) is 19.3 Å². The minimum atomic E-state index is -0.868. The average molecular weight is 481 g/mol. The van der Waals surface area contributed by atoms with E-state index in [0.717, 1.165) is 21.9 Å². The van der Waals surface area contributed by atoms with Crippen molar-refractivity contribution in [3.05, 3.63) is 57.7 Å². The van der Waals surface area contributed by atoms with Crippen LogP contribution >= 0.6 is 11.3 Å². The van der Waals surface area contributed by atoms with Gasteiger partial charge in [-0.3, -0.25) is 9.59 Å². The van der Waals surface area contributed by atoms with E-state index in [4.69, 9.17) is 10.1 Å². The number of aromatic amines is 1. The minimum absolute atomic E-state index is 0.121. The van der Waals surface area contributed by atoms with E-state index in [1.54, 1.807) is 25.1 Å². The number of ether oxygens (including phenoxy) is 1. The second kappa shape index (κ2) is 9.08. The van der Waals surface area contributed by atoms with Crippen molar-refractivity contribution in [1.82, 2.24) is 15.2 Å². The zero-order valence-electron chi connectivity index (χ0n) is 19.6. The molecular weight excluding hydrogens is 452 g/mol. The number of aliphatic hydroxyl groups is 1. The van der Waals surface area contributed by atoms with Gasteiger partial charge in [0.25, 0.3) is 11.8 Å². The molecule has 34 heavy (non-hydrogen) atoms. The first-order chi connectivity index (χ1) is 16.1. The Balaban J connectivity index is 1.62. The van der Waals surface area contributed by atoms with E-state index in [1.807, 2.05) is 32.0 Å². The molecule has 178 valence electrons. The molecule has 2 amide bonds. The third-order valence-electron chi connectivity index (χ3n) is 6.16. The lowest BCUT2D eigenvalue weighted by Gasteiger charge is -2.19. The maximum absolute atomic E-state index is 13.0. The molecule has 0 spiro atoms. The van der Waals surface area contributed by atoms with Crippen molar-refractivity contribution in [3.63, 3.8) is 0 Å². The summed E-state index contributed by atoms with van der Waals surface area (Å²) in [4.78, 5) is 30.6. The predicted octanol–water partition coefficient (Wildman–Crippen LogP) is 3.87. The highest BCUT2D eigenvalue weighted by molar-refractivity contribution is 7.21. The number of aryl methyl sites for hydroxylation is 1. The molecule has 0 radical (unpaired) electrons. The Morgan fingerprint density at radius 1 is 1.32 bits per heavy atom. The van der Waals surface area contributed by atoms with Gasteiger partial charge in [-0.15, -0.1) is 11.3 Å². The second-order valence-electron chi connectivity index (χ2n) is 8.77. The summed E-state index contributed by atoms with van der Waals surface area (Å²) in [5.74, 6) is 0.690. The summed E-state index contributed by atoms with van der Waals surface area (Å²) < 4.78 is 7.06. The number of carbonyl (C=O) groups is 2. The molecule has 3 aromatic rings. The summed E-state index contributed by atoms with van der Waals surface area (Å²) in [6.07, 6.45) is 4.84. The summed E-state index contributed by atoms with van der Waals surface area (Å²) in [6.45, 7) is 6.28. The van der Waals surface area contributed by atoms with E-state index in [9.17, 15) is 14.7 Å². The number of β-amino-alcohol motifs (C(OH)–C–C–N with tert-alkyl or cyclic N) is 1. The molecule has 1 saturated heterocycles. The maximum Gasteiger partial charge on any atom is 0.261 e. The topological polar surface area (TPSA) is 119 Å².